The summed E-state index contributed by atoms with van der Waals surface area (Å²) in [6.45, 7) is 3.28. The van der Waals surface area contributed by atoms with Crippen LogP contribution in [0.1, 0.15) is 49.7 Å². The molecule has 0 bridgehead atoms. The van der Waals surface area contributed by atoms with Crippen molar-refractivity contribution in [1.29, 1.82) is 0 Å². The van der Waals surface area contributed by atoms with E-state index in [2.05, 4.69) is 9.80 Å². The van der Waals surface area contributed by atoms with Crippen LogP contribution in [0.3, 0.4) is 0 Å². The van der Waals surface area contributed by atoms with E-state index in [1.54, 1.807) is 6.07 Å². The lowest BCUT2D eigenvalue weighted by molar-refractivity contribution is -0.137. The molecule has 1 saturated carbocycles. The molecule has 2 aliphatic heterocycles. The quantitative estimate of drug-likeness (QED) is 0.780. The maximum absolute atomic E-state index is 13.3. The fourth-order valence-corrected chi connectivity index (χ4v) is 4.67. The molecule has 0 unspecified atom stereocenters. The van der Waals surface area contributed by atoms with Crippen LogP contribution < -0.4 is 4.90 Å². The number of piperidine rings is 1. The van der Waals surface area contributed by atoms with Crippen LogP contribution in [-0.4, -0.2) is 59.3 Å². The van der Waals surface area contributed by atoms with E-state index in [-0.39, 0.29) is 6.04 Å². The van der Waals surface area contributed by atoms with Gasteiger partial charge in [0.15, 0.2) is 0 Å². The Labute approximate surface area is 169 Å². The predicted octanol–water partition coefficient (Wildman–Crippen LogP) is 4.41. The van der Waals surface area contributed by atoms with E-state index in [0.29, 0.717) is 31.4 Å². The Morgan fingerprint density at radius 2 is 1.66 bits per heavy atom. The second-order valence-corrected chi connectivity index (χ2v) is 8.44. The zero-order valence-electron chi connectivity index (χ0n) is 16.5. The Morgan fingerprint density at radius 3 is 2.21 bits per heavy atom. The molecule has 0 aromatic heterocycles. The number of rotatable bonds is 5. The first-order chi connectivity index (χ1) is 13.8. The Morgan fingerprint density at radius 1 is 1.03 bits per heavy atom. The van der Waals surface area contributed by atoms with Crippen LogP contribution in [0.15, 0.2) is 18.2 Å². The minimum atomic E-state index is -4.34. The normalized spacial score (nSPS) is 21.2. The molecule has 160 valence electrons. The average molecular weight is 411 g/mol. The molecule has 3 fully saturated rings. The number of likely N-dealkylation sites (tertiary alicyclic amines) is 1. The number of nitrogens with zero attached hydrogens (tertiary/aromatic N) is 3. The van der Waals surface area contributed by atoms with Crippen molar-refractivity contribution in [3.63, 3.8) is 0 Å². The number of benzene rings is 1. The second kappa shape index (κ2) is 8.05. The van der Waals surface area contributed by atoms with Gasteiger partial charge >= 0.3 is 12.3 Å². The van der Waals surface area contributed by atoms with Gasteiger partial charge in [-0.3, -0.25) is 4.90 Å². The second-order valence-electron chi connectivity index (χ2n) is 8.44. The molecule has 8 heteroatoms. The first kappa shape index (κ1) is 20.3. The monoisotopic (exact) mass is 411 g/mol. The Hall–Kier alpha value is -1.96. The first-order valence-corrected chi connectivity index (χ1v) is 10.5. The minimum Gasteiger partial charge on any atom is -0.465 e. The number of hydrogen-bond donors (Lipinski definition) is 1. The van der Waals surface area contributed by atoms with Gasteiger partial charge in [-0.05, 0) is 56.2 Å². The zero-order chi connectivity index (χ0) is 20.6. The molecule has 1 N–H and O–H groups in total. The molecule has 4 rings (SSSR count). The van der Waals surface area contributed by atoms with Gasteiger partial charge in [0.2, 0.25) is 0 Å². The molecule has 0 atom stereocenters. The van der Waals surface area contributed by atoms with E-state index in [9.17, 15) is 23.1 Å². The first-order valence-electron chi connectivity index (χ1n) is 10.5. The number of anilines is 1. The summed E-state index contributed by atoms with van der Waals surface area (Å²) in [5, 5.41) is 9.18. The fourth-order valence-electron chi connectivity index (χ4n) is 4.67. The van der Waals surface area contributed by atoms with Crippen LogP contribution in [0.2, 0.25) is 0 Å². The molecule has 5 nitrogen and oxygen atoms in total. The third kappa shape index (κ3) is 4.63. The van der Waals surface area contributed by atoms with E-state index >= 15 is 0 Å². The summed E-state index contributed by atoms with van der Waals surface area (Å²) in [5.74, 6) is 0. The predicted molar refractivity (Wildman–Crippen MR) is 104 cm³/mol. The largest absolute Gasteiger partial charge is 0.465 e. The van der Waals surface area contributed by atoms with Crippen molar-refractivity contribution in [3.8, 4) is 0 Å². The van der Waals surface area contributed by atoms with Crippen molar-refractivity contribution in [1.82, 2.24) is 9.80 Å². The maximum atomic E-state index is 13.3. The summed E-state index contributed by atoms with van der Waals surface area (Å²) in [6.07, 6.45) is 0.585. The van der Waals surface area contributed by atoms with E-state index < -0.39 is 17.8 Å². The number of carboxylic acid groups (broad SMARTS) is 1. The summed E-state index contributed by atoms with van der Waals surface area (Å²) >= 11 is 0. The smallest absolute Gasteiger partial charge is 0.416 e. The van der Waals surface area contributed by atoms with Gasteiger partial charge < -0.3 is 14.9 Å². The van der Waals surface area contributed by atoms with Crippen LogP contribution in [0.25, 0.3) is 0 Å². The number of halogens is 3. The van der Waals surface area contributed by atoms with Crippen molar-refractivity contribution < 1.29 is 23.1 Å². The van der Waals surface area contributed by atoms with Gasteiger partial charge in [-0.2, -0.15) is 13.2 Å². The average Bonchev–Trinajstić information content (AvgIpc) is 3.38. The van der Waals surface area contributed by atoms with Crippen LogP contribution in [0.4, 0.5) is 23.7 Å². The summed E-state index contributed by atoms with van der Waals surface area (Å²) in [4.78, 5) is 17.1. The highest BCUT2D eigenvalue weighted by Gasteiger charge is 2.37. The highest BCUT2D eigenvalue weighted by atomic mass is 19.4. The van der Waals surface area contributed by atoms with E-state index in [4.69, 9.17) is 0 Å². The highest BCUT2D eigenvalue weighted by Crippen LogP contribution is 2.38. The van der Waals surface area contributed by atoms with Gasteiger partial charge in [-0.25, -0.2) is 4.79 Å². The number of carbonyl (C=O) groups is 1. The van der Waals surface area contributed by atoms with E-state index in [0.717, 1.165) is 57.2 Å². The third-order valence-electron chi connectivity index (χ3n) is 6.43. The molecule has 1 amide bonds. The summed E-state index contributed by atoms with van der Waals surface area (Å²) in [7, 11) is 0. The summed E-state index contributed by atoms with van der Waals surface area (Å²) < 4.78 is 39.9. The molecular formula is C21H28F3N3O2. The molecule has 3 aliphatic rings. The van der Waals surface area contributed by atoms with Crippen molar-refractivity contribution in [3.05, 3.63) is 29.3 Å². The zero-order valence-corrected chi connectivity index (χ0v) is 16.5. The third-order valence-corrected chi connectivity index (χ3v) is 6.43. The van der Waals surface area contributed by atoms with Gasteiger partial charge in [-0.1, -0.05) is 6.07 Å². The van der Waals surface area contributed by atoms with Gasteiger partial charge in [-0.15, -0.1) is 0 Å². The van der Waals surface area contributed by atoms with Gasteiger partial charge in [0.1, 0.15) is 0 Å². The number of alkyl halides is 3. The molecule has 2 saturated heterocycles. The van der Waals surface area contributed by atoms with Crippen LogP contribution >= 0.6 is 0 Å². The van der Waals surface area contributed by atoms with Crippen molar-refractivity contribution in [2.24, 2.45) is 0 Å². The van der Waals surface area contributed by atoms with E-state index in [1.165, 1.54) is 17.0 Å². The maximum Gasteiger partial charge on any atom is 0.416 e. The molecule has 0 spiro atoms. The molecule has 29 heavy (non-hydrogen) atoms. The number of amides is 1. The molecule has 2 heterocycles. The molecule has 1 aliphatic carbocycles. The minimum absolute atomic E-state index is 0.284. The fraction of sp³-hybridized carbons (Fsp3) is 0.667. The van der Waals surface area contributed by atoms with E-state index in [1.807, 2.05) is 0 Å². The van der Waals surface area contributed by atoms with Gasteiger partial charge in [0.05, 0.1) is 5.56 Å². The van der Waals surface area contributed by atoms with Crippen molar-refractivity contribution in [2.45, 2.75) is 63.3 Å². The van der Waals surface area contributed by atoms with Crippen LogP contribution in [0, 0.1) is 0 Å². The molecule has 1 aromatic carbocycles. The Kier molecular flexibility index (Phi) is 5.64. The van der Waals surface area contributed by atoms with Crippen molar-refractivity contribution in [2.75, 3.05) is 31.1 Å². The molecule has 0 radical (unpaired) electrons. The lowest BCUT2D eigenvalue weighted by Gasteiger charge is -2.38. The number of hydrogen-bond acceptors (Lipinski definition) is 3. The van der Waals surface area contributed by atoms with Gasteiger partial charge in [0, 0.05) is 50.5 Å². The SMILES string of the molecule is O=C(O)N1CCC(N(Cc2ccc(C(F)(F)F)cc2N2CCCC2)C2CC2)CC1. The lowest BCUT2D eigenvalue weighted by atomic mass is 10.0. The topological polar surface area (TPSA) is 47.0 Å². The Balaban J connectivity index is 1.55. The van der Waals surface area contributed by atoms with Gasteiger partial charge in [0.25, 0.3) is 0 Å². The highest BCUT2D eigenvalue weighted by molar-refractivity contribution is 5.65. The standard InChI is InChI=1S/C21H28F3N3O2/c22-21(23,24)16-4-3-15(19(13-16)25-9-1-2-10-25)14-27(17-5-6-17)18-7-11-26(12-8-18)20(28)29/h3-4,13,17-18H,1-2,5-12,14H2,(H,28,29). The summed E-state index contributed by atoms with van der Waals surface area (Å²) in [6, 6.07) is 4.92. The Bertz CT molecular complexity index is 737. The van der Waals surface area contributed by atoms with Crippen LogP contribution in [-0.2, 0) is 12.7 Å². The van der Waals surface area contributed by atoms with Crippen LogP contribution in [0.5, 0.6) is 0 Å². The lowest BCUT2D eigenvalue weighted by Crippen LogP contribution is -2.47. The molecule has 1 aromatic rings. The van der Waals surface area contributed by atoms with Crippen molar-refractivity contribution >= 4 is 11.8 Å². The summed E-state index contributed by atoms with van der Waals surface area (Å²) in [5.41, 5.74) is 1.08. The molecular weight excluding hydrogens is 383 g/mol.